The molecule has 0 unspecified atom stereocenters. The maximum atomic E-state index is 13.7. The number of halogens is 4. The zero-order chi connectivity index (χ0) is 30.2. The molecule has 0 aliphatic heterocycles. The third kappa shape index (κ3) is 7.51. The van der Waals surface area contributed by atoms with Gasteiger partial charge in [-0.15, -0.1) is 6.58 Å². The summed E-state index contributed by atoms with van der Waals surface area (Å²) in [5, 5.41) is 0.785. The standard InChI is InChI=1S/C36H34ClF3N2O/c1-2-21-42-23-20-30-33(42)18-10-19-34(30)43-24-11-22-41(25-29-16-9-17-32(35(29)37)36(38,39)40)26-31(27-12-5-3-6-13-27)28-14-7-4-8-15-28/h2-10,12-20,23,31H,1,11,21-22,24-26H2. The van der Waals surface area contributed by atoms with Crippen molar-refractivity contribution in [2.45, 2.75) is 31.6 Å². The first-order valence-electron chi connectivity index (χ1n) is 14.3. The van der Waals surface area contributed by atoms with Crippen LogP contribution < -0.4 is 4.74 Å². The summed E-state index contributed by atoms with van der Waals surface area (Å²) in [5.41, 5.74) is 2.99. The molecule has 5 rings (SSSR count). The van der Waals surface area contributed by atoms with Crippen LogP contribution in [0, 0.1) is 0 Å². The Kier molecular flexibility index (Phi) is 9.90. The van der Waals surface area contributed by atoms with Crippen molar-refractivity contribution in [3.8, 4) is 5.75 Å². The lowest BCUT2D eigenvalue weighted by molar-refractivity contribution is -0.137. The number of rotatable bonds is 13. The van der Waals surface area contributed by atoms with Crippen LogP contribution in [-0.2, 0) is 19.3 Å². The van der Waals surface area contributed by atoms with Crippen LogP contribution >= 0.6 is 11.6 Å². The zero-order valence-electron chi connectivity index (χ0n) is 23.8. The Morgan fingerprint density at radius 1 is 0.860 bits per heavy atom. The summed E-state index contributed by atoms with van der Waals surface area (Å²) in [7, 11) is 0. The van der Waals surface area contributed by atoms with E-state index in [0.717, 1.165) is 33.8 Å². The van der Waals surface area contributed by atoms with Crippen LogP contribution in [0.25, 0.3) is 10.9 Å². The van der Waals surface area contributed by atoms with E-state index in [1.54, 1.807) is 6.07 Å². The first-order chi connectivity index (χ1) is 20.8. The minimum atomic E-state index is -4.52. The smallest absolute Gasteiger partial charge is 0.417 e. The quantitative estimate of drug-likeness (QED) is 0.0986. The Hall–Kier alpha value is -4.00. The number of aromatic nitrogens is 1. The van der Waals surface area contributed by atoms with Crippen molar-refractivity contribution >= 4 is 22.5 Å². The predicted octanol–water partition coefficient (Wildman–Crippen LogP) is 9.60. The van der Waals surface area contributed by atoms with Gasteiger partial charge in [-0.1, -0.05) is 96.5 Å². The molecule has 0 aliphatic carbocycles. The number of nitrogens with zero attached hydrogens (tertiary/aromatic N) is 2. The first kappa shape index (κ1) is 30.5. The minimum absolute atomic E-state index is 0.0197. The zero-order valence-corrected chi connectivity index (χ0v) is 24.6. The summed E-state index contributed by atoms with van der Waals surface area (Å²) >= 11 is 6.35. The molecule has 222 valence electrons. The molecule has 0 bridgehead atoms. The molecule has 0 spiro atoms. The molecule has 0 saturated carbocycles. The lowest BCUT2D eigenvalue weighted by Gasteiger charge is -2.29. The SMILES string of the molecule is C=CCn1ccc2c(OCCCN(Cc3cccc(C(F)(F)F)c3Cl)CC(c3ccccc3)c3ccccc3)cccc21. The second kappa shape index (κ2) is 14.0. The van der Waals surface area contributed by atoms with Crippen LogP contribution in [0.2, 0.25) is 5.02 Å². The number of hydrogen-bond acceptors (Lipinski definition) is 2. The molecule has 4 aromatic carbocycles. The molecule has 1 aromatic heterocycles. The second-order valence-electron chi connectivity index (χ2n) is 10.5. The van der Waals surface area contributed by atoms with Gasteiger partial charge in [0.25, 0.3) is 0 Å². The Bertz CT molecular complexity index is 1590. The number of benzene rings is 4. The van der Waals surface area contributed by atoms with Gasteiger partial charge in [-0.25, -0.2) is 0 Å². The van der Waals surface area contributed by atoms with Gasteiger partial charge in [0.1, 0.15) is 5.75 Å². The number of alkyl halides is 3. The Balaban J connectivity index is 1.37. The Morgan fingerprint density at radius 3 is 2.19 bits per heavy atom. The van der Waals surface area contributed by atoms with Crippen molar-refractivity contribution in [3.05, 3.63) is 149 Å². The van der Waals surface area contributed by atoms with Crippen molar-refractivity contribution in [2.24, 2.45) is 0 Å². The third-order valence-corrected chi connectivity index (χ3v) is 8.04. The topological polar surface area (TPSA) is 17.4 Å². The van der Waals surface area contributed by atoms with E-state index in [-0.39, 0.29) is 17.5 Å². The molecule has 0 saturated heterocycles. The largest absolute Gasteiger partial charge is 0.493 e. The molecule has 0 N–H and O–H groups in total. The van der Waals surface area contributed by atoms with Gasteiger partial charge in [-0.05, 0) is 47.4 Å². The fourth-order valence-electron chi connectivity index (χ4n) is 5.52. The third-order valence-electron chi connectivity index (χ3n) is 7.60. The van der Waals surface area contributed by atoms with Crippen LogP contribution in [-0.4, -0.2) is 29.2 Å². The maximum Gasteiger partial charge on any atom is 0.417 e. The fourth-order valence-corrected chi connectivity index (χ4v) is 5.81. The van der Waals surface area contributed by atoms with E-state index >= 15 is 0 Å². The maximum absolute atomic E-state index is 13.7. The normalized spacial score (nSPS) is 11.9. The summed E-state index contributed by atoms with van der Waals surface area (Å²) in [6.45, 7) is 6.48. The monoisotopic (exact) mass is 602 g/mol. The molecular weight excluding hydrogens is 569 g/mol. The van der Waals surface area contributed by atoms with Gasteiger partial charge in [0.15, 0.2) is 0 Å². The molecular formula is C36H34ClF3N2O. The number of ether oxygens (including phenoxy) is 1. The van der Waals surface area contributed by atoms with E-state index in [1.165, 1.54) is 6.07 Å². The molecule has 0 aliphatic rings. The van der Waals surface area contributed by atoms with E-state index in [9.17, 15) is 13.2 Å². The Morgan fingerprint density at radius 2 is 1.53 bits per heavy atom. The van der Waals surface area contributed by atoms with E-state index in [0.29, 0.717) is 38.2 Å². The van der Waals surface area contributed by atoms with Crippen molar-refractivity contribution < 1.29 is 17.9 Å². The highest BCUT2D eigenvalue weighted by atomic mass is 35.5. The molecule has 0 amide bonds. The molecule has 0 radical (unpaired) electrons. The fraction of sp³-hybridized carbons (Fsp3) is 0.222. The average molecular weight is 603 g/mol. The van der Waals surface area contributed by atoms with Gasteiger partial charge in [-0.3, -0.25) is 4.90 Å². The highest BCUT2D eigenvalue weighted by molar-refractivity contribution is 6.32. The summed E-state index contributed by atoms with van der Waals surface area (Å²) in [5.74, 6) is 0.825. The van der Waals surface area contributed by atoms with Crippen LogP contribution in [0.15, 0.2) is 122 Å². The molecule has 43 heavy (non-hydrogen) atoms. The Labute approximate surface area is 255 Å². The van der Waals surface area contributed by atoms with Crippen molar-refractivity contribution in [3.63, 3.8) is 0 Å². The number of fused-ring (bicyclic) bond motifs is 1. The van der Waals surface area contributed by atoms with Crippen LogP contribution in [0.4, 0.5) is 13.2 Å². The highest BCUT2D eigenvalue weighted by Crippen LogP contribution is 2.37. The summed E-state index contributed by atoms with van der Waals surface area (Å²) in [6, 6.07) is 32.5. The van der Waals surface area contributed by atoms with Gasteiger partial charge in [-0.2, -0.15) is 13.2 Å². The number of allylic oxidation sites excluding steroid dienone is 1. The molecule has 3 nitrogen and oxygen atoms in total. The van der Waals surface area contributed by atoms with Gasteiger partial charge >= 0.3 is 6.18 Å². The molecule has 5 aromatic rings. The van der Waals surface area contributed by atoms with Crippen molar-refractivity contribution in [2.75, 3.05) is 19.7 Å². The molecule has 1 heterocycles. The van der Waals surface area contributed by atoms with E-state index in [4.69, 9.17) is 16.3 Å². The second-order valence-corrected chi connectivity index (χ2v) is 10.9. The van der Waals surface area contributed by atoms with Crippen molar-refractivity contribution in [1.29, 1.82) is 0 Å². The predicted molar refractivity (Wildman–Crippen MR) is 169 cm³/mol. The average Bonchev–Trinajstić information content (AvgIpc) is 3.42. The van der Waals surface area contributed by atoms with Crippen LogP contribution in [0.5, 0.6) is 5.75 Å². The lowest BCUT2D eigenvalue weighted by atomic mass is 9.90. The van der Waals surface area contributed by atoms with Crippen LogP contribution in [0.3, 0.4) is 0 Å². The summed E-state index contributed by atoms with van der Waals surface area (Å²) in [4.78, 5) is 2.18. The lowest BCUT2D eigenvalue weighted by Crippen LogP contribution is -2.31. The van der Waals surface area contributed by atoms with E-state index < -0.39 is 11.7 Å². The van der Waals surface area contributed by atoms with Crippen molar-refractivity contribution in [1.82, 2.24) is 9.47 Å². The summed E-state index contributed by atoms with van der Waals surface area (Å²) < 4.78 is 49.3. The van der Waals surface area contributed by atoms with E-state index in [2.05, 4.69) is 46.4 Å². The van der Waals surface area contributed by atoms with Crippen LogP contribution in [0.1, 0.15) is 34.6 Å². The minimum Gasteiger partial charge on any atom is -0.493 e. The molecule has 7 heteroatoms. The summed E-state index contributed by atoms with van der Waals surface area (Å²) in [6.07, 6.45) is 0.0358. The highest BCUT2D eigenvalue weighted by Gasteiger charge is 2.34. The molecule has 0 atom stereocenters. The van der Waals surface area contributed by atoms with Gasteiger partial charge in [0.2, 0.25) is 0 Å². The van der Waals surface area contributed by atoms with E-state index in [1.807, 2.05) is 66.9 Å². The molecule has 0 fully saturated rings. The van der Waals surface area contributed by atoms with Gasteiger partial charge in [0, 0.05) is 43.7 Å². The van der Waals surface area contributed by atoms with Gasteiger partial charge in [0.05, 0.1) is 22.7 Å². The number of hydrogen-bond donors (Lipinski definition) is 0. The first-order valence-corrected chi connectivity index (χ1v) is 14.7. The van der Waals surface area contributed by atoms with Gasteiger partial charge < -0.3 is 9.30 Å².